The molecule has 216 valence electrons. The van der Waals surface area contributed by atoms with Gasteiger partial charge in [-0.1, -0.05) is 31.3 Å². The molecule has 2 aliphatic rings. The van der Waals surface area contributed by atoms with Gasteiger partial charge in [-0.3, -0.25) is 9.52 Å². The van der Waals surface area contributed by atoms with Crippen LogP contribution >= 0.6 is 0 Å². The molecule has 1 aromatic carbocycles. The second-order valence-corrected chi connectivity index (χ2v) is 12.9. The SMILES string of the molecule is Cc1noc(C)c1S(=O)(=O)Nc1ccc2c(c1)C(=O)N([C@@H](C)CO)C[C@H](C)[C@H](CN(C)CC1CCCCC1)O2. The Hall–Kier alpha value is -2.63. The van der Waals surface area contributed by atoms with Crippen LogP contribution in [-0.2, 0) is 10.0 Å². The molecule has 2 aromatic rings. The predicted octanol–water partition coefficient (Wildman–Crippen LogP) is 3.82. The summed E-state index contributed by atoms with van der Waals surface area (Å²) in [4.78, 5) is 17.7. The first-order valence-electron chi connectivity index (χ1n) is 13.9. The number of likely N-dealkylation sites (N-methyl/N-ethyl adjacent to an activating group) is 1. The number of aliphatic hydroxyl groups excluding tert-OH is 1. The van der Waals surface area contributed by atoms with E-state index in [2.05, 4.69) is 28.8 Å². The summed E-state index contributed by atoms with van der Waals surface area (Å²) in [6, 6.07) is 4.33. The van der Waals surface area contributed by atoms with Crippen LogP contribution in [0.25, 0.3) is 0 Å². The van der Waals surface area contributed by atoms with Crippen LogP contribution < -0.4 is 9.46 Å². The number of aryl methyl sites for hydroxylation is 2. The number of fused-ring (bicyclic) bond motifs is 1. The second kappa shape index (κ2) is 12.3. The lowest BCUT2D eigenvalue weighted by molar-refractivity contribution is 0.0330. The van der Waals surface area contributed by atoms with Gasteiger partial charge in [-0.2, -0.15) is 0 Å². The van der Waals surface area contributed by atoms with Gasteiger partial charge in [0.2, 0.25) is 0 Å². The van der Waals surface area contributed by atoms with Crippen molar-refractivity contribution in [2.75, 3.05) is 38.0 Å². The van der Waals surface area contributed by atoms with Gasteiger partial charge < -0.3 is 24.2 Å². The minimum Gasteiger partial charge on any atom is -0.488 e. The van der Waals surface area contributed by atoms with Crippen LogP contribution in [0.4, 0.5) is 5.69 Å². The molecule has 0 unspecified atom stereocenters. The van der Waals surface area contributed by atoms with E-state index in [9.17, 15) is 18.3 Å². The zero-order chi connectivity index (χ0) is 28.3. The van der Waals surface area contributed by atoms with Gasteiger partial charge in [0.05, 0.1) is 18.2 Å². The van der Waals surface area contributed by atoms with Gasteiger partial charge in [-0.05, 0) is 64.8 Å². The van der Waals surface area contributed by atoms with Crippen molar-refractivity contribution in [2.45, 2.75) is 76.8 Å². The van der Waals surface area contributed by atoms with Crippen molar-refractivity contribution in [2.24, 2.45) is 11.8 Å². The molecule has 10 nitrogen and oxygen atoms in total. The lowest BCUT2D eigenvalue weighted by Crippen LogP contribution is -2.50. The summed E-state index contributed by atoms with van der Waals surface area (Å²) in [6.45, 7) is 8.92. The molecule has 0 saturated heterocycles. The van der Waals surface area contributed by atoms with Crippen molar-refractivity contribution in [3.8, 4) is 5.75 Å². The Morgan fingerprint density at radius 2 is 1.92 bits per heavy atom. The normalized spacial score (nSPS) is 21.7. The minimum atomic E-state index is -3.99. The highest BCUT2D eigenvalue weighted by Gasteiger charge is 2.34. The number of nitrogens with zero attached hydrogens (tertiary/aromatic N) is 3. The Kier molecular flexibility index (Phi) is 9.23. The Morgan fingerprint density at radius 3 is 2.56 bits per heavy atom. The molecule has 1 aliphatic heterocycles. The molecule has 1 saturated carbocycles. The van der Waals surface area contributed by atoms with Crippen LogP contribution in [0.5, 0.6) is 5.75 Å². The summed E-state index contributed by atoms with van der Waals surface area (Å²) in [5, 5.41) is 13.7. The predicted molar refractivity (Wildman–Crippen MR) is 148 cm³/mol. The lowest BCUT2D eigenvalue weighted by Gasteiger charge is -2.38. The van der Waals surface area contributed by atoms with E-state index in [1.54, 1.807) is 30.9 Å². The summed E-state index contributed by atoms with van der Waals surface area (Å²) < 4.78 is 40.3. The van der Waals surface area contributed by atoms with E-state index in [-0.39, 0.29) is 52.1 Å². The highest BCUT2D eigenvalue weighted by molar-refractivity contribution is 7.92. The Labute approximate surface area is 231 Å². The molecule has 0 bridgehead atoms. The fourth-order valence-corrected chi connectivity index (χ4v) is 7.14. The number of rotatable bonds is 9. The maximum absolute atomic E-state index is 13.7. The lowest BCUT2D eigenvalue weighted by atomic mass is 9.89. The van der Waals surface area contributed by atoms with Gasteiger partial charge in [-0.25, -0.2) is 8.42 Å². The summed E-state index contributed by atoms with van der Waals surface area (Å²) in [5.74, 6) is 0.981. The number of anilines is 1. The number of benzene rings is 1. The molecular formula is C28H42N4O6S. The van der Waals surface area contributed by atoms with Crippen molar-refractivity contribution >= 4 is 21.6 Å². The Morgan fingerprint density at radius 1 is 1.21 bits per heavy atom. The molecule has 11 heteroatoms. The number of aliphatic hydroxyl groups is 1. The fourth-order valence-electron chi connectivity index (χ4n) is 5.76. The topological polar surface area (TPSA) is 125 Å². The van der Waals surface area contributed by atoms with Crippen LogP contribution in [0.1, 0.15) is 67.8 Å². The van der Waals surface area contributed by atoms with Crippen LogP contribution in [0.15, 0.2) is 27.6 Å². The summed E-state index contributed by atoms with van der Waals surface area (Å²) >= 11 is 0. The fraction of sp³-hybridized carbons (Fsp3) is 0.643. The third-order valence-electron chi connectivity index (χ3n) is 7.94. The van der Waals surface area contributed by atoms with Gasteiger partial charge in [0.15, 0.2) is 10.7 Å². The number of sulfonamides is 1. The van der Waals surface area contributed by atoms with E-state index < -0.39 is 16.1 Å². The van der Waals surface area contributed by atoms with Gasteiger partial charge >= 0.3 is 0 Å². The number of hydrogen-bond donors (Lipinski definition) is 2. The third kappa shape index (κ3) is 6.75. The second-order valence-electron chi connectivity index (χ2n) is 11.3. The molecule has 2 heterocycles. The van der Waals surface area contributed by atoms with Crippen LogP contribution in [0.2, 0.25) is 0 Å². The van der Waals surface area contributed by atoms with Gasteiger partial charge in [0.25, 0.3) is 15.9 Å². The van der Waals surface area contributed by atoms with Gasteiger partial charge in [0.1, 0.15) is 17.5 Å². The zero-order valence-corrected chi connectivity index (χ0v) is 24.5. The van der Waals surface area contributed by atoms with Crippen LogP contribution in [0, 0.1) is 25.7 Å². The average molecular weight is 563 g/mol. The number of amides is 1. The van der Waals surface area contributed by atoms with Crippen molar-refractivity contribution in [3.05, 3.63) is 35.2 Å². The van der Waals surface area contributed by atoms with E-state index in [4.69, 9.17) is 9.26 Å². The Balaban J connectivity index is 1.62. The first kappa shape index (κ1) is 29.4. The van der Waals surface area contributed by atoms with E-state index in [1.807, 2.05) is 0 Å². The Bertz CT molecular complexity index is 1240. The maximum atomic E-state index is 13.7. The first-order valence-corrected chi connectivity index (χ1v) is 15.3. The standard InChI is InChI=1S/C28H42N4O6S/c1-18-14-32(19(2)17-33)28(34)24-13-23(30-39(35,36)27-20(3)29-38-21(27)4)11-12-25(24)37-26(18)16-31(5)15-22-9-7-6-8-10-22/h11-13,18-19,22,26,30,33H,6-10,14-17H2,1-5H3/t18-,19-,26-/m0/s1. The number of hydrogen-bond acceptors (Lipinski definition) is 8. The summed E-state index contributed by atoms with van der Waals surface area (Å²) in [6.07, 6.45) is 6.24. The van der Waals surface area contributed by atoms with Crippen molar-refractivity contribution in [3.63, 3.8) is 0 Å². The number of ether oxygens (including phenoxy) is 1. The monoisotopic (exact) mass is 562 g/mol. The molecule has 39 heavy (non-hydrogen) atoms. The third-order valence-corrected chi connectivity index (χ3v) is 9.56. The van der Waals surface area contributed by atoms with E-state index in [1.165, 1.54) is 45.1 Å². The molecule has 1 aliphatic carbocycles. The van der Waals surface area contributed by atoms with Crippen molar-refractivity contribution in [1.82, 2.24) is 15.0 Å². The van der Waals surface area contributed by atoms with E-state index in [0.29, 0.717) is 24.8 Å². The smallest absolute Gasteiger partial charge is 0.267 e. The number of aromatic nitrogens is 1. The van der Waals surface area contributed by atoms with E-state index in [0.717, 1.165) is 6.54 Å². The molecule has 1 fully saturated rings. The van der Waals surface area contributed by atoms with Crippen LogP contribution in [0.3, 0.4) is 0 Å². The average Bonchev–Trinajstić information content (AvgIpc) is 3.25. The number of nitrogens with one attached hydrogen (secondary N) is 1. The molecule has 1 amide bonds. The van der Waals surface area contributed by atoms with Gasteiger partial charge in [-0.15, -0.1) is 0 Å². The summed E-state index contributed by atoms with van der Waals surface area (Å²) in [7, 11) is -1.87. The van der Waals surface area contributed by atoms with Crippen molar-refractivity contribution in [1.29, 1.82) is 0 Å². The molecule has 3 atom stereocenters. The van der Waals surface area contributed by atoms with Gasteiger partial charge in [0, 0.05) is 31.2 Å². The molecule has 0 radical (unpaired) electrons. The van der Waals surface area contributed by atoms with Crippen LogP contribution in [-0.4, -0.2) is 79.8 Å². The number of carbonyl (C=O) groups excluding carboxylic acids is 1. The minimum absolute atomic E-state index is 0.0163. The molecule has 0 spiro atoms. The molecule has 4 rings (SSSR count). The number of carbonyl (C=O) groups is 1. The largest absolute Gasteiger partial charge is 0.488 e. The zero-order valence-electron chi connectivity index (χ0n) is 23.6. The first-order chi connectivity index (χ1) is 18.5. The molecule has 1 aromatic heterocycles. The van der Waals surface area contributed by atoms with E-state index >= 15 is 0 Å². The highest BCUT2D eigenvalue weighted by Crippen LogP contribution is 2.32. The van der Waals surface area contributed by atoms with Crippen molar-refractivity contribution < 1.29 is 27.6 Å². The summed E-state index contributed by atoms with van der Waals surface area (Å²) in [5.41, 5.74) is 0.728. The quantitative estimate of drug-likeness (QED) is 0.473. The molecule has 2 N–H and O–H groups in total. The highest BCUT2D eigenvalue weighted by atomic mass is 32.2. The molecular weight excluding hydrogens is 520 g/mol. The maximum Gasteiger partial charge on any atom is 0.267 e.